The van der Waals surface area contributed by atoms with Gasteiger partial charge in [0.2, 0.25) is 5.92 Å². The molecule has 0 fully saturated rings. The molecule has 0 saturated heterocycles. The number of ether oxygens (including phenoxy) is 2. The van der Waals surface area contributed by atoms with Gasteiger partial charge in [-0.05, 0) is 13.8 Å². The maximum absolute atomic E-state index is 11.7. The van der Waals surface area contributed by atoms with E-state index in [1.165, 1.54) is 0 Å². The third-order valence-corrected chi connectivity index (χ3v) is 3.02. The molecule has 0 aliphatic heterocycles. The minimum Gasteiger partial charge on any atom is -0.465 e. The van der Waals surface area contributed by atoms with E-state index in [4.69, 9.17) is 21.1 Å². The first kappa shape index (κ1) is 13.9. The number of aromatic nitrogens is 1. The molecule has 0 N–H and O–H groups in total. The fourth-order valence-electron chi connectivity index (χ4n) is 1.15. The van der Waals surface area contributed by atoms with Gasteiger partial charge in [-0.1, -0.05) is 11.6 Å². The molecule has 0 aliphatic rings. The fraction of sp³-hybridized carbons (Fsp3) is 0.500. The second-order valence-corrected chi connectivity index (χ2v) is 4.22. The van der Waals surface area contributed by atoms with Crippen LogP contribution in [0.1, 0.15) is 24.8 Å². The van der Waals surface area contributed by atoms with Crippen molar-refractivity contribution in [1.82, 2.24) is 4.98 Å². The summed E-state index contributed by atoms with van der Waals surface area (Å²) in [5.74, 6) is -2.48. The summed E-state index contributed by atoms with van der Waals surface area (Å²) in [6.07, 6.45) is 0. The zero-order valence-electron chi connectivity index (χ0n) is 9.44. The first-order valence-electron chi connectivity index (χ1n) is 5.04. The average Bonchev–Trinajstić information content (AvgIpc) is 2.66. The Kier molecular flexibility index (Phi) is 5.37. The van der Waals surface area contributed by atoms with E-state index in [0.717, 1.165) is 11.3 Å². The lowest BCUT2D eigenvalue weighted by Gasteiger charge is -2.11. The SMILES string of the molecule is CCOC(=O)C(C(=O)OCC)c1nc(Cl)cs1. The Hall–Kier alpha value is -1.14. The number of carbonyl (C=O) groups excluding carboxylic acids is 2. The van der Waals surface area contributed by atoms with E-state index in [1.54, 1.807) is 19.2 Å². The van der Waals surface area contributed by atoms with Crippen molar-refractivity contribution in [3.8, 4) is 0 Å². The van der Waals surface area contributed by atoms with Gasteiger partial charge < -0.3 is 9.47 Å². The summed E-state index contributed by atoms with van der Waals surface area (Å²) in [6, 6.07) is 0. The second-order valence-electron chi connectivity index (χ2n) is 2.95. The molecule has 1 rings (SSSR count). The van der Waals surface area contributed by atoms with Crippen LogP contribution in [0, 0.1) is 0 Å². The summed E-state index contributed by atoms with van der Waals surface area (Å²) < 4.78 is 9.64. The van der Waals surface area contributed by atoms with E-state index in [-0.39, 0.29) is 23.4 Å². The van der Waals surface area contributed by atoms with Gasteiger partial charge in [0, 0.05) is 5.38 Å². The molecule has 5 nitrogen and oxygen atoms in total. The minimum absolute atomic E-state index is 0.188. The summed E-state index contributed by atoms with van der Waals surface area (Å²) in [7, 11) is 0. The molecular formula is C10H12ClNO4S. The van der Waals surface area contributed by atoms with Gasteiger partial charge in [0.15, 0.2) is 0 Å². The van der Waals surface area contributed by atoms with Crippen molar-refractivity contribution in [2.24, 2.45) is 0 Å². The van der Waals surface area contributed by atoms with Crippen molar-refractivity contribution in [3.63, 3.8) is 0 Å². The van der Waals surface area contributed by atoms with E-state index in [9.17, 15) is 9.59 Å². The number of rotatable bonds is 5. The van der Waals surface area contributed by atoms with Crippen LogP contribution >= 0.6 is 22.9 Å². The number of thiazole rings is 1. The number of esters is 2. The molecular weight excluding hydrogens is 266 g/mol. The molecule has 0 bridgehead atoms. The Balaban J connectivity index is 2.93. The molecule has 0 amide bonds. The van der Waals surface area contributed by atoms with Crippen LogP contribution in [0.4, 0.5) is 0 Å². The monoisotopic (exact) mass is 277 g/mol. The van der Waals surface area contributed by atoms with Crippen LogP contribution in [0.25, 0.3) is 0 Å². The van der Waals surface area contributed by atoms with Crippen molar-refractivity contribution < 1.29 is 19.1 Å². The van der Waals surface area contributed by atoms with Gasteiger partial charge in [-0.3, -0.25) is 9.59 Å². The Morgan fingerprint density at radius 3 is 2.24 bits per heavy atom. The summed E-state index contributed by atoms with van der Waals surface area (Å²) in [6.45, 7) is 3.70. The molecule has 0 aliphatic carbocycles. The molecule has 94 valence electrons. The number of nitrogens with zero attached hydrogens (tertiary/aromatic N) is 1. The Morgan fingerprint density at radius 2 is 1.88 bits per heavy atom. The summed E-state index contributed by atoms with van der Waals surface area (Å²) in [4.78, 5) is 27.2. The molecule has 0 saturated carbocycles. The highest BCUT2D eigenvalue weighted by Gasteiger charge is 2.34. The van der Waals surface area contributed by atoms with Crippen LogP contribution in [0.3, 0.4) is 0 Å². The number of carbonyl (C=O) groups is 2. The van der Waals surface area contributed by atoms with Gasteiger partial charge in [0.25, 0.3) is 0 Å². The highest BCUT2D eigenvalue weighted by Crippen LogP contribution is 2.25. The number of hydrogen-bond acceptors (Lipinski definition) is 6. The lowest BCUT2D eigenvalue weighted by Crippen LogP contribution is -2.26. The molecule has 0 unspecified atom stereocenters. The molecule has 0 aromatic carbocycles. The van der Waals surface area contributed by atoms with Gasteiger partial charge in [-0.15, -0.1) is 11.3 Å². The van der Waals surface area contributed by atoms with Gasteiger partial charge in [-0.2, -0.15) is 0 Å². The van der Waals surface area contributed by atoms with E-state index in [0.29, 0.717) is 0 Å². The quantitative estimate of drug-likeness (QED) is 0.608. The summed E-state index contributed by atoms with van der Waals surface area (Å²) in [5.41, 5.74) is 0. The minimum atomic E-state index is -1.15. The zero-order valence-corrected chi connectivity index (χ0v) is 11.0. The smallest absolute Gasteiger partial charge is 0.327 e. The molecule has 1 aromatic heterocycles. The van der Waals surface area contributed by atoms with E-state index in [2.05, 4.69) is 4.98 Å². The molecule has 0 atom stereocenters. The fourth-order valence-corrected chi connectivity index (χ4v) is 2.17. The van der Waals surface area contributed by atoms with Crippen molar-refractivity contribution in [3.05, 3.63) is 15.5 Å². The summed E-state index contributed by atoms with van der Waals surface area (Å²) >= 11 is 6.78. The third-order valence-electron chi connectivity index (χ3n) is 1.79. The van der Waals surface area contributed by atoms with Crippen molar-refractivity contribution in [2.45, 2.75) is 19.8 Å². The molecule has 17 heavy (non-hydrogen) atoms. The molecule has 7 heteroatoms. The average molecular weight is 278 g/mol. The zero-order chi connectivity index (χ0) is 12.8. The lowest BCUT2D eigenvalue weighted by atomic mass is 10.1. The van der Waals surface area contributed by atoms with Crippen LogP contribution in [-0.2, 0) is 19.1 Å². The van der Waals surface area contributed by atoms with Crippen molar-refractivity contribution in [2.75, 3.05) is 13.2 Å². The topological polar surface area (TPSA) is 65.5 Å². The third kappa shape index (κ3) is 3.67. The van der Waals surface area contributed by atoms with Gasteiger partial charge in [0.05, 0.1) is 13.2 Å². The van der Waals surface area contributed by atoms with Crippen molar-refractivity contribution >= 4 is 34.9 Å². The van der Waals surface area contributed by atoms with Crippen LogP contribution < -0.4 is 0 Å². The van der Waals surface area contributed by atoms with Crippen LogP contribution in [-0.4, -0.2) is 30.1 Å². The van der Waals surface area contributed by atoms with Crippen LogP contribution in [0.2, 0.25) is 5.15 Å². The normalized spacial score (nSPS) is 10.4. The van der Waals surface area contributed by atoms with E-state index < -0.39 is 17.9 Å². The van der Waals surface area contributed by atoms with Gasteiger partial charge in [0.1, 0.15) is 10.2 Å². The molecule has 1 aromatic rings. The Bertz CT molecular complexity index is 389. The largest absolute Gasteiger partial charge is 0.465 e. The van der Waals surface area contributed by atoms with E-state index in [1.807, 2.05) is 0 Å². The maximum Gasteiger partial charge on any atom is 0.327 e. The maximum atomic E-state index is 11.7. The Labute approximate surface area is 108 Å². The predicted molar refractivity (Wildman–Crippen MR) is 63.1 cm³/mol. The number of halogens is 1. The molecule has 1 heterocycles. The number of hydrogen-bond donors (Lipinski definition) is 0. The standard InChI is InChI=1S/C10H12ClNO4S/c1-3-15-9(13)7(10(14)16-4-2)8-12-6(11)5-17-8/h5,7H,3-4H2,1-2H3. The van der Waals surface area contributed by atoms with Crippen molar-refractivity contribution in [1.29, 1.82) is 0 Å². The second kappa shape index (κ2) is 6.56. The lowest BCUT2D eigenvalue weighted by molar-refractivity contribution is -0.156. The highest BCUT2D eigenvalue weighted by atomic mass is 35.5. The predicted octanol–water partition coefficient (Wildman–Crippen LogP) is 2.01. The van der Waals surface area contributed by atoms with E-state index >= 15 is 0 Å². The first-order valence-corrected chi connectivity index (χ1v) is 6.30. The van der Waals surface area contributed by atoms with Gasteiger partial charge >= 0.3 is 11.9 Å². The first-order chi connectivity index (χ1) is 8.10. The molecule has 0 radical (unpaired) electrons. The molecule has 0 spiro atoms. The Morgan fingerprint density at radius 1 is 1.35 bits per heavy atom. The highest BCUT2D eigenvalue weighted by molar-refractivity contribution is 7.10. The van der Waals surface area contributed by atoms with Crippen LogP contribution in [0.5, 0.6) is 0 Å². The van der Waals surface area contributed by atoms with Crippen LogP contribution in [0.15, 0.2) is 5.38 Å². The summed E-state index contributed by atoms with van der Waals surface area (Å²) in [5, 5.41) is 2.07. The van der Waals surface area contributed by atoms with Gasteiger partial charge in [-0.25, -0.2) is 4.98 Å².